The molecule has 1 aliphatic heterocycles. The van der Waals surface area contributed by atoms with E-state index in [1.165, 1.54) is 6.33 Å². The molecule has 1 atom stereocenters. The molecule has 4 rings (SSSR count). The summed E-state index contributed by atoms with van der Waals surface area (Å²) in [6.07, 6.45) is 3.13. The van der Waals surface area contributed by atoms with Crippen molar-refractivity contribution in [1.29, 1.82) is 0 Å². The summed E-state index contributed by atoms with van der Waals surface area (Å²) in [5.41, 5.74) is 6.91. The van der Waals surface area contributed by atoms with Crippen LogP contribution < -0.4 is 10.6 Å². The molecule has 2 N–H and O–H groups in total. The lowest BCUT2D eigenvalue weighted by Gasteiger charge is -2.38. The van der Waals surface area contributed by atoms with Gasteiger partial charge in [0, 0.05) is 12.0 Å². The molecular weight excluding hydrogens is 412 g/mol. The second kappa shape index (κ2) is 7.46. The fourth-order valence-corrected chi connectivity index (χ4v) is 6.11. The Morgan fingerprint density at radius 2 is 2.07 bits per heavy atom. The highest BCUT2D eigenvalue weighted by Gasteiger charge is 2.38. The Morgan fingerprint density at radius 1 is 1.36 bits per heavy atom. The highest BCUT2D eigenvalue weighted by Crippen LogP contribution is 2.62. The number of fused-ring (bicyclic) bond motifs is 1. The Labute approximate surface area is 160 Å². The van der Waals surface area contributed by atoms with Crippen molar-refractivity contribution >= 4 is 32.4 Å². The number of nitrogens with zero attached hydrogens (tertiary/aromatic N) is 4. The maximum absolute atomic E-state index is 12.2. The van der Waals surface area contributed by atoms with Crippen LogP contribution in [0.1, 0.15) is 25.8 Å². The molecule has 12 nitrogen and oxygen atoms in total. The lowest BCUT2D eigenvalue weighted by molar-refractivity contribution is -0.200. The number of imidazole rings is 1. The minimum Gasteiger partial charge on any atom is -0.777 e. The predicted molar refractivity (Wildman–Crippen MR) is 95.1 cm³/mol. The third-order valence-electron chi connectivity index (χ3n) is 4.58. The van der Waals surface area contributed by atoms with Crippen molar-refractivity contribution < 1.29 is 32.1 Å². The van der Waals surface area contributed by atoms with Crippen LogP contribution in [0, 0.1) is 5.92 Å². The number of ether oxygens (including phenoxy) is 1. The van der Waals surface area contributed by atoms with E-state index in [4.69, 9.17) is 19.5 Å². The van der Waals surface area contributed by atoms with Crippen molar-refractivity contribution in [2.24, 2.45) is 5.92 Å². The molecule has 28 heavy (non-hydrogen) atoms. The molecular formula is C14H20N5O7P2-. The summed E-state index contributed by atoms with van der Waals surface area (Å²) in [5, 5.41) is 0. The zero-order valence-electron chi connectivity index (χ0n) is 15.0. The van der Waals surface area contributed by atoms with Crippen molar-refractivity contribution in [3.63, 3.8) is 0 Å². The quantitative estimate of drug-likeness (QED) is 0.657. The third-order valence-corrected chi connectivity index (χ3v) is 7.77. The van der Waals surface area contributed by atoms with Crippen molar-refractivity contribution in [1.82, 2.24) is 19.5 Å². The summed E-state index contributed by atoms with van der Waals surface area (Å²) in [6, 6.07) is 0.0566. The van der Waals surface area contributed by atoms with E-state index in [9.17, 15) is 14.0 Å². The second-order valence-electron chi connectivity index (χ2n) is 6.96. The minimum atomic E-state index is -4.55. The standard InChI is InChI=1S/C14H21N5O7P2/c1-9-4-24-28(22,25-5-9)26-27(20,21)8-23-11-2-10(3-11)19-7-18-12-13(15)16-6-17-14(12)19/h6-7,9-11H,2-5,8H2,1H3,(H,20,21)(H2,15,16,17)/p-1. The second-order valence-corrected chi connectivity index (χ2v) is 10.5. The number of nitrogens with two attached hydrogens (primary N) is 1. The van der Waals surface area contributed by atoms with Crippen molar-refractivity contribution in [2.45, 2.75) is 31.9 Å². The number of rotatable bonds is 6. The maximum atomic E-state index is 12.2. The molecule has 0 aromatic carbocycles. The molecule has 0 spiro atoms. The molecule has 0 bridgehead atoms. The van der Waals surface area contributed by atoms with Gasteiger partial charge in [0.1, 0.15) is 18.2 Å². The minimum absolute atomic E-state index is 0.0137. The van der Waals surface area contributed by atoms with Crippen molar-refractivity contribution in [2.75, 3.05) is 25.3 Å². The number of phosphoric ester groups is 1. The SMILES string of the molecule is CC1COP(=O)(OP(=O)([O-])COC2CC(n3cnc4c(N)ncnc43)C2)OC1. The van der Waals surface area contributed by atoms with Crippen LogP contribution in [-0.4, -0.2) is 45.2 Å². The van der Waals surface area contributed by atoms with Gasteiger partial charge in [-0.3, -0.25) is 9.05 Å². The van der Waals surface area contributed by atoms with Gasteiger partial charge in [-0.2, -0.15) is 0 Å². The first kappa shape index (κ1) is 19.9. The summed E-state index contributed by atoms with van der Waals surface area (Å²) >= 11 is 0. The van der Waals surface area contributed by atoms with Gasteiger partial charge in [-0.05, 0) is 12.8 Å². The van der Waals surface area contributed by atoms with Gasteiger partial charge in [-0.15, -0.1) is 0 Å². The topological polar surface area (TPSA) is 164 Å². The monoisotopic (exact) mass is 432 g/mol. The van der Waals surface area contributed by atoms with E-state index in [0.717, 1.165) is 0 Å². The summed E-state index contributed by atoms with van der Waals surface area (Å²) in [4.78, 5) is 24.3. The molecule has 1 unspecified atom stereocenters. The largest absolute Gasteiger partial charge is 0.777 e. The molecule has 2 aromatic rings. The van der Waals surface area contributed by atoms with Gasteiger partial charge >= 0.3 is 7.82 Å². The van der Waals surface area contributed by atoms with Gasteiger partial charge in [0.25, 0.3) is 0 Å². The number of hydrogen-bond donors (Lipinski definition) is 1. The molecule has 1 saturated carbocycles. The van der Waals surface area contributed by atoms with Crippen molar-refractivity contribution in [3.05, 3.63) is 12.7 Å². The molecule has 0 amide bonds. The van der Waals surface area contributed by atoms with Crippen LogP contribution in [0.3, 0.4) is 0 Å². The number of aromatic nitrogens is 4. The molecule has 154 valence electrons. The molecule has 1 saturated heterocycles. The summed E-state index contributed by atoms with van der Waals surface area (Å²) < 4.78 is 46.0. The number of phosphoric acid groups is 1. The first-order valence-corrected chi connectivity index (χ1v) is 11.9. The van der Waals surface area contributed by atoms with E-state index in [1.807, 2.05) is 11.5 Å². The summed E-state index contributed by atoms with van der Waals surface area (Å²) in [5.74, 6) is 0.316. The van der Waals surface area contributed by atoms with E-state index in [-0.39, 0.29) is 31.3 Å². The lowest BCUT2D eigenvalue weighted by atomic mass is 9.89. The molecule has 14 heteroatoms. The van der Waals surface area contributed by atoms with Gasteiger partial charge < -0.3 is 24.5 Å². The normalized spacial score (nSPS) is 32.7. The summed E-state index contributed by atoms with van der Waals surface area (Å²) in [6.45, 7) is 2.03. The number of nitrogen functional groups attached to an aromatic ring is 1. The molecule has 1 aliphatic carbocycles. The number of hydrogen-bond acceptors (Lipinski definition) is 11. The van der Waals surface area contributed by atoms with E-state index >= 15 is 0 Å². The van der Waals surface area contributed by atoms with Crippen molar-refractivity contribution in [3.8, 4) is 0 Å². The van der Waals surface area contributed by atoms with Crippen LogP contribution in [0.5, 0.6) is 0 Å². The Morgan fingerprint density at radius 3 is 2.79 bits per heavy atom. The third kappa shape index (κ3) is 4.13. The van der Waals surface area contributed by atoms with Crippen LogP contribution in [0.4, 0.5) is 5.82 Å². The molecule has 3 heterocycles. The van der Waals surface area contributed by atoms with E-state index in [1.54, 1.807) is 6.33 Å². The number of anilines is 1. The Hall–Kier alpha value is -1.39. The van der Waals surface area contributed by atoms with Crippen LogP contribution in [-0.2, 0) is 27.2 Å². The Kier molecular flexibility index (Phi) is 5.30. The zero-order chi connectivity index (χ0) is 19.9. The van der Waals surface area contributed by atoms with E-state index in [0.29, 0.717) is 29.8 Å². The zero-order valence-corrected chi connectivity index (χ0v) is 16.8. The fourth-order valence-electron chi connectivity index (χ4n) is 2.98. The van der Waals surface area contributed by atoms with Gasteiger partial charge in [0.15, 0.2) is 19.1 Å². The summed E-state index contributed by atoms with van der Waals surface area (Å²) in [7, 11) is -8.65. The van der Waals surface area contributed by atoms with Gasteiger partial charge in [-0.1, -0.05) is 6.92 Å². The smallest absolute Gasteiger partial charge is 0.479 e. The van der Waals surface area contributed by atoms with E-state index < -0.39 is 21.8 Å². The van der Waals surface area contributed by atoms with Crippen LogP contribution in [0.25, 0.3) is 11.2 Å². The molecule has 2 aromatic heterocycles. The first-order valence-electron chi connectivity index (χ1n) is 8.70. The van der Waals surface area contributed by atoms with Crippen LogP contribution in [0.2, 0.25) is 0 Å². The van der Waals surface area contributed by atoms with Gasteiger partial charge in [0.2, 0.25) is 0 Å². The molecule has 2 aliphatic rings. The average Bonchev–Trinajstić information content (AvgIpc) is 3.01. The predicted octanol–water partition coefficient (Wildman–Crippen LogP) is 1.45. The average molecular weight is 432 g/mol. The maximum Gasteiger partial charge on any atom is 0.479 e. The first-order chi connectivity index (χ1) is 13.2. The molecule has 0 radical (unpaired) electrons. The molecule has 2 fully saturated rings. The Bertz CT molecular complexity index is 951. The van der Waals surface area contributed by atoms with Crippen LogP contribution >= 0.6 is 15.4 Å². The van der Waals surface area contributed by atoms with Gasteiger partial charge in [0.05, 0.1) is 25.6 Å². The highest BCUT2D eigenvalue weighted by molar-refractivity contribution is 7.63. The lowest BCUT2D eigenvalue weighted by Crippen LogP contribution is -2.34. The van der Waals surface area contributed by atoms with E-state index in [2.05, 4.69) is 19.3 Å². The fraction of sp³-hybridized carbons (Fsp3) is 0.643. The van der Waals surface area contributed by atoms with Gasteiger partial charge in [-0.25, -0.2) is 23.8 Å². The van der Waals surface area contributed by atoms with Crippen LogP contribution in [0.15, 0.2) is 12.7 Å². The Balaban J connectivity index is 1.29. The highest BCUT2D eigenvalue weighted by atomic mass is 31.3.